The highest BCUT2D eigenvalue weighted by Crippen LogP contribution is 2.60. The highest BCUT2D eigenvalue weighted by Gasteiger charge is 2.40. The Morgan fingerprint density at radius 3 is 2.44 bits per heavy atom. The van der Waals surface area contributed by atoms with E-state index in [1.807, 2.05) is 71.9 Å². The molecule has 0 bridgehead atoms. The summed E-state index contributed by atoms with van der Waals surface area (Å²) in [5, 5.41) is 5.34. The lowest BCUT2D eigenvalue weighted by atomic mass is 10.1. The van der Waals surface area contributed by atoms with Crippen LogP contribution >= 0.6 is 10.6 Å². The van der Waals surface area contributed by atoms with E-state index in [9.17, 15) is 13.9 Å². The predicted molar refractivity (Wildman–Crippen MR) is 148 cm³/mol. The van der Waals surface area contributed by atoms with Crippen molar-refractivity contribution in [3.63, 3.8) is 0 Å². The second-order valence-corrected chi connectivity index (χ2v) is 13.7. The molecule has 0 radical (unpaired) electrons. The molecule has 2 aromatic rings. The number of rotatable bonds is 8. The molecular formula is C26H41N5O4S. The fourth-order valence-electron chi connectivity index (χ4n) is 4.00. The maximum Gasteiger partial charge on any atom is 0.319 e. The van der Waals surface area contributed by atoms with Crippen LogP contribution in [0.3, 0.4) is 0 Å². The Bertz CT molecular complexity index is 1040. The topological polar surface area (TPSA) is 120 Å². The minimum atomic E-state index is -3.01. The van der Waals surface area contributed by atoms with Crippen molar-refractivity contribution in [2.75, 3.05) is 36.5 Å². The molecule has 3 rings (SSSR count). The number of nitrogens with one attached hydrogen (secondary N) is 2. The van der Waals surface area contributed by atoms with Gasteiger partial charge >= 0.3 is 6.03 Å². The van der Waals surface area contributed by atoms with Crippen LogP contribution in [-0.4, -0.2) is 62.7 Å². The maximum absolute atomic E-state index is 12.1. The highest BCUT2D eigenvalue weighted by atomic mass is 32.3. The summed E-state index contributed by atoms with van der Waals surface area (Å²) < 4.78 is 26.8. The van der Waals surface area contributed by atoms with Crippen LogP contribution in [0, 0.1) is 5.92 Å². The number of anilines is 2. The fraction of sp³-hybridized carbons (Fsp3) is 0.577. The third-order valence-corrected chi connectivity index (χ3v) is 9.50. The van der Waals surface area contributed by atoms with Gasteiger partial charge in [0.25, 0.3) is 0 Å². The fourth-order valence-corrected chi connectivity index (χ4v) is 5.60. The number of ether oxygens (including phenoxy) is 1. The Morgan fingerprint density at radius 1 is 1.19 bits per heavy atom. The van der Waals surface area contributed by atoms with Gasteiger partial charge in [0.1, 0.15) is 5.82 Å². The van der Waals surface area contributed by atoms with Gasteiger partial charge in [0.05, 0.1) is 29.7 Å². The van der Waals surface area contributed by atoms with Crippen LogP contribution in [0.15, 0.2) is 30.3 Å². The van der Waals surface area contributed by atoms with Gasteiger partial charge in [-0.2, -0.15) is 10.6 Å². The zero-order chi connectivity index (χ0) is 26.7. The molecule has 0 unspecified atom stereocenters. The van der Waals surface area contributed by atoms with Gasteiger partial charge in [0.2, 0.25) is 0 Å². The van der Waals surface area contributed by atoms with Crippen LogP contribution < -0.4 is 15.5 Å². The summed E-state index contributed by atoms with van der Waals surface area (Å²) in [5.74, 6) is 1.58. The molecule has 2 amide bonds. The minimum Gasteiger partial charge on any atom is -0.377 e. The van der Waals surface area contributed by atoms with Gasteiger partial charge < -0.3 is 20.3 Å². The summed E-state index contributed by atoms with van der Waals surface area (Å²) in [7, 11) is -3.01. The number of carbonyl (C=O) groups is 1. The van der Waals surface area contributed by atoms with E-state index in [1.165, 1.54) is 0 Å². The van der Waals surface area contributed by atoms with E-state index in [4.69, 9.17) is 14.7 Å². The Morgan fingerprint density at radius 2 is 1.86 bits per heavy atom. The summed E-state index contributed by atoms with van der Waals surface area (Å²) >= 11 is 0. The van der Waals surface area contributed by atoms with Crippen LogP contribution in [0.5, 0.6) is 0 Å². The number of amides is 2. The summed E-state index contributed by atoms with van der Waals surface area (Å²) in [4.78, 5) is 24.0. The molecule has 9 nitrogen and oxygen atoms in total. The first-order chi connectivity index (χ1) is 16.8. The summed E-state index contributed by atoms with van der Waals surface area (Å²) in [6.07, 6.45) is 0. The summed E-state index contributed by atoms with van der Waals surface area (Å²) in [6, 6.07) is 9.08. The van der Waals surface area contributed by atoms with E-state index < -0.39 is 15.3 Å². The van der Waals surface area contributed by atoms with Crippen molar-refractivity contribution < 1.29 is 18.6 Å². The van der Waals surface area contributed by atoms with Crippen LogP contribution in [0.2, 0.25) is 0 Å². The van der Waals surface area contributed by atoms with Crippen molar-refractivity contribution in [2.45, 2.75) is 64.5 Å². The molecule has 0 spiro atoms. The molecule has 1 fully saturated rings. The number of nitrogens with zero attached hydrogens (tertiary/aromatic N) is 3. The lowest BCUT2D eigenvalue weighted by Gasteiger charge is -2.49. The molecule has 1 aliphatic heterocycles. The van der Waals surface area contributed by atoms with Crippen molar-refractivity contribution in [1.82, 2.24) is 15.3 Å². The largest absolute Gasteiger partial charge is 0.377 e. The number of morpholine rings is 1. The molecule has 4 N–H and O–H groups in total. The third kappa shape index (κ3) is 6.29. The number of hydrogen-bond donors (Lipinski definition) is 4. The second kappa shape index (κ2) is 11.3. The Labute approximate surface area is 216 Å². The second-order valence-electron chi connectivity index (χ2n) is 10.5. The molecular weight excluding hydrogens is 478 g/mol. The van der Waals surface area contributed by atoms with Crippen LogP contribution in [0.25, 0.3) is 11.4 Å². The van der Waals surface area contributed by atoms with Gasteiger partial charge in [-0.3, -0.25) is 9.11 Å². The SMILES string of the molecule is CC(C)CNC(=O)Nc1ccc(-c2nc(N3CCOC[C@@H]3C)cc(C(C)(C)S(O)(O)C(C)C)n2)cc1. The van der Waals surface area contributed by atoms with E-state index in [2.05, 4.69) is 22.5 Å². The molecule has 1 aliphatic rings. The zero-order valence-corrected chi connectivity index (χ0v) is 23.2. The van der Waals surface area contributed by atoms with Gasteiger partial charge in [-0.25, -0.2) is 14.8 Å². The standard InChI is InChI=1S/C26H41N5O4S/c1-17(2)15-27-25(32)28-21-10-8-20(9-11-21)24-29-22(26(6,7)36(33,34)18(3)4)14-23(30-24)31-12-13-35-16-19(31)5/h8-11,14,17-19,33-34H,12-13,15-16H2,1-7H3,(H2,27,28,32)/t19-/m0/s1. The van der Waals surface area contributed by atoms with Gasteiger partial charge in [-0.15, -0.1) is 0 Å². The van der Waals surface area contributed by atoms with Gasteiger partial charge in [0, 0.05) is 35.7 Å². The van der Waals surface area contributed by atoms with Gasteiger partial charge in [0.15, 0.2) is 5.82 Å². The molecule has 0 saturated carbocycles. The lowest BCUT2D eigenvalue weighted by molar-refractivity contribution is 0.0985. The first-order valence-corrected chi connectivity index (χ1v) is 14.1. The quantitative estimate of drug-likeness (QED) is 0.361. The maximum atomic E-state index is 12.1. The van der Waals surface area contributed by atoms with E-state index in [-0.39, 0.29) is 17.3 Å². The highest BCUT2D eigenvalue weighted by molar-refractivity contribution is 8.25. The number of carbonyl (C=O) groups excluding carboxylic acids is 1. The van der Waals surface area contributed by atoms with Gasteiger partial charge in [-0.05, 0) is 64.8 Å². The first-order valence-electron chi connectivity index (χ1n) is 12.5. The Hall–Kier alpha value is -2.40. The normalized spacial score (nSPS) is 17.4. The molecule has 2 heterocycles. The Balaban J connectivity index is 1.98. The number of urea groups is 1. The van der Waals surface area contributed by atoms with E-state index in [1.54, 1.807) is 0 Å². The molecule has 1 aromatic heterocycles. The Kier molecular flexibility index (Phi) is 8.87. The number of hydrogen-bond acceptors (Lipinski definition) is 7. The van der Waals surface area contributed by atoms with E-state index >= 15 is 0 Å². The van der Waals surface area contributed by atoms with Gasteiger partial charge in [-0.1, -0.05) is 13.8 Å². The molecule has 36 heavy (non-hydrogen) atoms. The molecule has 1 atom stereocenters. The number of aromatic nitrogens is 2. The smallest absolute Gasteiger partial charge is 0.319 e. The van der Waals surface area contributed by atoms with Crippen molar-refractivity contribution in [2.24, 2.45) is 5.92 Å². The summed E-state index contributed by atoms with van der Waals surface area (Å²) in [5.41, 5.74) is 2.00. The average molecular weight is 520 g/mol. The third-order valence-electron chi connectivity index (χ3n) is 6.47. The molecule has 1 aromatic carbocycles. The number of benzene rings is 1. The van der Waals surface area contributed by atoms with Crippen molar-refractivity contribution in [1.29, 1.82) is 0 Å². The minimum absolute atomic E-state index is 0.124. The lowest BCUT2D eigenvalue weighted by Crippen LogP contribution is -2.44. The van der Waals surface area contributed by atoms with Crippen molar-refractivity contribution >= 4 is 28.1 Å². The predicted octanol–water partition coefficient (Wildman–Crippen LogP) is 5.54. The van der Waals surface area contributed by atoms with Crippen LogP contribution in [-0.2, 0) is 9.48 Å². The molecule has 200 valence electrons. The van der Waals surface area contributed by atoms with Crippen LogP contribution in [0.1, 0.15) is 54.2 Å². The summed E-state index contributed by atoms with van der Waals surface area (Å²) in [6.45, 7) is 15.9. The molecule has 0 aliphatic carbocycles. The average Bonchev–Trinajstić information content (AvgIpc) is 2.83. The van der Waals surface area contributed by atoms with Crippen molar-refractivity contribution in [3.8, 4) is 11.4 Å². The van der Waals surface area contributed by atoms with E-state index in [0.29, 0.717) is 49.4 Å². The van der Waals surface area contributed by atoms with Crippen molar-refractivity contribution in [3.05, 3.63) is 36.0 Å². The molecule has 10 heteroatoms. The first kappa shape index (κ1) is 28.2. The monoisotopic (exact) mass is 519 g/mol. The molecule has 1 saturated heterocycles. The van der Waals surface area contributed by atoms with E-state index in [0.717, 1.165) is 11.4 Å². The zero-order valence-electron chi connectivity index (χ0n) is 22.4. The van der Waals surface area contributed by atoms with Crippen LogP contribution in [0.4, 0.5) is 16.3 Å².